The number of hydrogen-bond donors (Lipinski definition) is 1. The number of benzene rings is 1. The smallest absolute Gasteiger partial charge is 0.234 e. The van der Waals surface area contributed by atoms with Crippen LogP contribution in [0.15, 0.2) is 30.3 Å². The summed E-state index contributed by atoms with van der Waals surface area (Å²) in [6.45, 7) is 4.45. The highest BCUT2D eigenvalue weighted by Crippen LogP contribution is 2.40. The van der Waals surface area contributed by atoms with Crippen LogP contribution in [0.5, 0.6) is 0 Å². The van der Waals surface area contributed by atoms with Crippen LogP contribution in [-0.2, 0) is 14.9 Å². The lowest BCUT2D eigenvalue weighted by atomic mass is 9.79. The Morgan fingerprint density at radius 2 is 1.82 bits per heavy atom. The molecule has 120 valence electrons. The minimum Gasteiger partial charge on any atom is -0.379 e. The molecule has 1 heterocycles. The summed E-state index contributed by atoms with van der Waals surface area (Å²) in [4.78, 5) is 14.4. The van der Waals surface area contributed by atoms with E-state index in [1.165, 1.54) is 31.2 Å². The van der Waals surface area contributed by atoms with Crippen molar-refractivity contribution in [2.75, 3.05) is 39.4 Å². The molecule has 1 aromatic rings. The molecule has 0 bridgehead atoms. The molecule has 4 heteroatoms. The lowest BCUT2D eigenvalue weighted by molar-refractivity contribution is -0.123. The van der Waals surface area contributed by atoms with Crippen molar-refractivity contribution in [2.45, 2.75) is 31.1 Å². The Morgan fingerprint density at radius 1 is 1.14 bits per heavy atom. The Kier molecular flexibility index (Phi) is 5.11. The van der Waals surface area contributed by atoms with Crippen molar-refractivity contribution >= 4 is 5.91 Å². The van der Waals surface area contributed by atoms with Crippen LogP contribution >= 0.6 is 0 Å². The van der Waals surface area contributed by atoms with E-state index in [9.17, 15) is 4.79 Å². The van der Waals surface area contributed by atoms with Crippen LogP contribution in [0, 0.1) is 0 Å². The lowest BCUT2D eigenvalue weighted by Crippen LogP contribution is -2.46. The first-order chi connectivity index (χ1) is 10.8. The van der Waals surface area contributed by atoms with E-state index in [0.717, 1.165) is 32.8 Å². The minimum absolute atomic E-state index is 0.141. The summed E-state index contributed by atoms with van der Waals surface area (Å²) < 4.78 is 5.32. The van der Waals surface area contributed by atoms with Gasteiger partial charge in [-0.25, -0.2) is 0 Å². The summed E-state index contributed by atoms with van der Waals surface area (Å²) in [7, 11) is 0. The van der Waals surface area contributed by atoms with E-state index in [0.29, 0.717) is 6.54 Å². The standard InChI is InChI=1S/C18H26N2O2/c21-17(14-20-10-12-22-13-11-20)19-15-18(8-4-5-9-18)16-6-2-1-3-7-16/h1-3,6-7H,4-5,8-15H2,(H,19,21). The van der Waals surface area contributed by atoms with Crippen molar-refractivity contribution in [1.82, 2.24) is 10.2 Å². The third-order valence-corrected chi connectivity index (χ3v) is 5.04. The Balaban J connectivity index is 1.57. The fourth-order valence-electron chi connectivity index (χ4n) is 3.70. The normalized spacial score (nSPS) is 21.6. The predicted molar refractivity (Wildman–Crippen MR) is 86.9 cm³/mol. The molecule has 0 spiro atoms. The molecule has 0 aromatic heterocycles. The number of carbonyl (C=O) groups excluding carboxylic acids is 1. The first-order valence-electron chi connectivity index (χ1n) is 8.41. The quantitative estimate of drug-likeness (QED) is 0.904. The van der Waals surface area contributed by atoms with Crippen LogP contribution in [0.1, 0.15) is 31.2 Å². The van der Waals surface area contributed by atoms with Crippen LogP contribution in [0.2, 0.25) is 0 Å². The second-order valence-electron chi connectivity index (χ2n) is 6.52. The third-order valence-electron chi connectivity index (χ3n) is 5.04. The van der Waals surface area contributed by atoms with Gasteiger partial charge in [-0.05, 0) is 18.4 Å². The molecular weight excluding hydrogens is 276 g/mol. The molecule has 1 aromatic carbocycles. The molecule has 1 aliphatic carbocycles. The number of rotatable bonds is 5. The molecule has 4 nitrogen and oxygen atoms in total. The second-order valence-corrected chi connectivity index (χ2v) is 6.52. The molecule has 1 aliphatic heterocycles. The van der Waals surface area contributed by atoms with E-state index in [-0.39, 0.29) is 11.3 Å². The summed E-state index contributed by atoms with van der Waals surface area (Å²) in [5, 5.41) is 3.19. The van der Waals surface area contributed by atoms with E-state index in [4.69, 9.17) is 4.74 Å². The van der Waals surface area contributed by atoms with Crippen LogP contribution < -0.4 is 5.32 Å². The summed E-state index contributed by atoms with van der Waals surface area (Å²) in [5.74, 6) is 0.143. The highest BCUT2D eigenvalue weighted by Gasteiger charge is 2.35. The van der Waals surface area contributed by atoms with Crippen LogP contribution in [-0.4, -0.2) is 50.2 Å². The Morgan fingerprint density at radius 3 is 2.50 bits per heavy atom. The Bertz CT molecular complexity index is 477. The zero-order valence-corrected chi connectivity index (χ0v) is 13.2. The fourth-order valence-corrected chi connectivity index (χ4v) is 3.70. The van der Waals surface area contributed by atoms with E-state index >= 15 is 0 Å². The molecule has 2 aliphatic rings. The molecule has 0 radical (unpaired) electrons. The van der Waals surface area contributed by atoms with E-state index in [2.05, 4.69) is 40.5 Å². The van der Waals surface area contributed by atoms with Gasteiger partial charge in [-0.1, -0.05) is 43.2 Å². The summed E-state index contributed by atoms with van der Waals surface area (Å²) in [5.41, 5.74) is 1.52. The number of carbonyl (C=O) groups is 1. The number of amides is 1. The van der Waals surface area contributed by atoms with Crippen molar-refractivity contribution in [3.63, 3.8) is 0 Å². The van der Waals surface area contributed by atoms with Crippen molar-refractivity contribution < 1.29 is 9.53 Å². The van der Waals surface area contributed by atoms with Crippen molar-refractivity contribution in [3.05, 3.63) is 35.9 Å². The molecule has 2 fully saturated rings. The topological polar surface area (TPSA) is 41.6 Å². The Hall–Kier alpha value is -1.39. The largest absolute Gasteiger partial charge is 0.379 e. The van der Waals surface area contributed by atoms with Gasteiger partial charge in [0.25, 0.3) is 0 Å². The van der Waals surface area contributed by atoms with Crippen LogP contribution in [0.3, 0.4) is 0 Å². The minimum atomic E-state index is 0.141. The van der Waals surface area contributed by atoms with Gasteiger partial charge in [0.15, 0.2) is 0 Å². The van der Waals surface area contributed by atoms with Gasteiger partial charge in [0.2, 0.25) is 5.91 Å². The number of nitrogens with one attached hydrogen (secondary N) is 1. The average molecular weight is 302 g/mol. The van der Waals surface area contributed by atoms with Gasteiger partial charge in [0, 0.05) is 25.0 Å². The highest BCUT2D eigenvalue weighted by molar-refractivity contribution is 5.78. The number of nitrogens with zero attached hydrogens (tertiary/aromatic N) is 1. The molecule has 1 saturated heterocycles. The lowest BCUT2D eigenvalue weighted by Gasteiger charge is -2.31. The number of ether oxygens (including phenoxy) is 1. The molecule has 1 N–H and O–H groups in total. The first kappa shape index (κ1) is 15.5. The summed E-state index contributed by atoms with van der Waals surface area (Å²) in [6.07, 6.45) is 4.87. The maximum Gasteiger partial charge on any atom is 0.234 e. The zero-order valence-electron chi connectivity index (χ0n) is 13.2. The fraction of sp³-hybridized carbons (Fsp3) is 0.611. The van der Waals surface area contributed by atoms with Crippen molar-refractivity contribution in [3.8, 4) is 0 Å². The van der Waals surface area contributed by atoms with E-state index in [1.807, 2.05) is 0 Å². The molecule has 3 rings (SSSR count). The van der Waals surface area contributed by atoms with Gasteiger partial charge in [0.05, 0.1) is 19.8 Å². The van der Waals surface area contributed by atoms with Gasteiger partial charge in [-0.3, -0.25) is 9.69 Å². The zero-order chi connectivity index (χ0) is 15.3. The molecule has 0 atom stereocenters. The molecular formula is C18H26N2O2. The van der Waals surface area contributed by atoms with Crippen LogP contribution in [0.4, 0.5) is 0 Å². The van der Waals surface area contributed by atoms with Gasteiger partial charge in [-0.15, -0.1) is 0 Å². The molecule has 0 unspecified atom stereocenters. The van der Waals surface area contributed by atoms with Gasteiger partial charge < -0.3 is 10.1 Å². The molecule has 22 heavy (non-hydrogen) atoms. The molecule has 1 saturated carbocycles. The monoisotopic (exact) mass is 302 g/mol. The second kappa shape index (κ2) is 7.25. The van der Waals surface area contributed by atoms with E-state index < -0.39 is 0 Å². The van der Waals surface area contributed by atoms with Gasteiger partial charge in [-0.2, -0.15) is 0 Å². The summed E-state index contributed by atoms with van der Waals surface area (Å²) >= 11 is 0. The van der Waals surface area contributed by atoms with Crippen molar-refractivity contribution in [2.24, 2.45) is 0 Å². The van der Waals surface area contributed by atoms with Gasteiger partial charge >= 0.3 is 0 Å². The summed E-state index contributed by atoms with van der Waals surface area (Å²) in [6, 6.07) is 10.7. The predicted octanol–water partition coefficient (Wildman–Crippen LogP) is 1.95. The Labute approximate surface area is 132 Å². The number of hydrogen-bond acceptors (Lipinski definition) is 3. The van der Waals surface area contributed by atoms with Gasteiger partial charge in [0.1, 0.15) is 0 Å². The highest BCUT2D eigenvalue weighted by atomic mass is 16.5. The van der Waals surface area contributed by atoms with Crippen molar-refractivity contribution in [1.29, 1.82) is 0 Å². The maximum atomic E-state index is 12.2. The maximum absolute atomic E-state index is 12.2. The molecule has 1 amide bonds. The number of morpholine rings is 1. The van der Waals surface area contributed by atoms with Crippen LogP contribution in [0.25, 0.3) is 0 Å². The average Bonchev–Trinajstić information content (AvgIpc) is 3.05. The first-order valence-corrected chi connectivity index (χ1v) is 8.41. The SMILES string of the molecule is O=C(CN1CCOCC1)NCC1(c2ccccc2)CCCC1. The third kappa shape index (κ3) is 3.68. The van der Waals surface area contributed by atoms with E-state index in [1.54, 1.807) is 0 Å².